The summed E-state index contributed by atoms with van der Waals surface area (Å²) in [5.74, 6) is 2.33. The maximum atomic E-state index is 5.31. The van der Waals surface area contributed by atoms with Gasteiger partial charge in [0.15, 0.2) is 0 Å². The molecule has 1 aromatic rings. The molecule has 1 aromatic carbocycles. The fraction of sp³-hybridized carbons (Fsp3) is 0.500. The van der Waals surface area contributed by atoms with E-state index in [2.05, 4.69) is 13.8 Å². The van der Waals surface area contributed by atoms with Gasteiger partial charge in [-0.05, 0) is 30.5 Å². The summed E-state index contributed by atoms with van der Waals surface area (Å²) in [5.41, 5.74) is 1.22. The average Bonchev–Trinajstić information content (AvgIpc) is 2.27. The van der Waals surface area contributed by atoms with Crippen LogP contribution in [-0.2, 0) is 0 Å². The second kappa shape index (κ2) is 4.89. The minimum Gasteiger partial charge on any atom is -0.497 e. The van der Waals surface area contributed by atoms with E-state index in [-0.39, 0.29) is 0 Å². The Labute approximate surface area is 85.8 Å². The van der Waals surface area contributed by atoms with Crippen molar-refractivity contribution in [3.8, 4) is 11.5 Å². The Morgan fingerprint density at radius 3 is 2.43 bits per heavy atom. The van der Waals surface area contributed by atoms with Crippen LogP contribution in [0.2, 0.25) is 0 Å². The molecule has 14 heavy (non-hydrogen) atoms. The molecule has 2 nitrogen and oxygen atoms in total. The average molecular weight is 194 g/mol. The van der Waals surface area contributed by atoms with E-state index >= 15 is 0 Å². The molecule has 0 spiro atoms. The summed E-state index contributed by atoms with van der Waals surface area (Å²) in [7, 11) is 3.38. The zero-order valence-corrected chi connectivity index (χ0v) is 9.33. The van der Waals surface area contributed by atoms with Crippen molar-refractivity contribution in [3.05, 3.63) is 23.8 Å². The van der Waals surface area contributed by atoms with E-state index in [4.69, 9.17) is 9.47 Å². The monoisotopic (exact) mass is 194 g/mol. The van der Waals surface area contributed by atoms with E-state index in [0.717, 1.165) is 17.9 Å². The third-order valence-corrected chi connectivity index (χ3v) is 2.58. The predicted octanol–water partition coefficient (Wildman–Crippen LogP) is 3.22. The number of ether oxygens (including phenoxy) is 2. The standard InChI is InChI=1S/C12H18O2/c1-5-9(2)11-8-10(13-3)6-7-12(11)14-4/h6-9H,5H2,1-4H3/t9-/m1/s1. The second-order valence-electron chi connectivity index (χ2n) is 3.42. The Morgan fingerprint density at radius 1 is 1.21 bits per heavy atom. The Kier molecular flexibility index (Phi) is 3.81. The molecule has 0 radical (unpaired) electrons. The summed E-state index contributed by atoms with van der Waals surface area (Å²) in [5, 5.41) is 0. The van der Waals surface area contributed by atoms with Crippen LogP contribution in [0.5, 0.6) is 11.5 Å². The van der Waals surface area contributed by atoms with E-state index in [1.54, 1.807) is 14.2 Å². The molecule has 0 N–H and O–H groups in total. The Morgan fingerprint density at radius 2 is 1.93 bits per heavy atom. The summed E-state index contributed by atoms with van der Waals surface area (Å²) in [6.45, 7) is 4.36. The highest BCUT2D eigenvalue weighted by Crippen LogP contribution is 2.31. The van der Waals surface area contributed by atoms with Crippen molar-refractivity contribution in [1.82, 2.24) is 0 Å². The number of hydrogen-bond acceptors (Lipinski definition) is 2. The number of rotatable bonds is 4. The number of hydrogen-bond donors (Lipinski definition) is 0. The van der Waals surface area contributed by atoms with Crippen molar-refractivity contribution in [2.24, 2.45) is 0 Å². The van der Waals surface area contributed by atoms with E-state index in [1.807, 2.05) is 18.2 Å². The molecular weight excluding hydrogens is 176 g/mol. The van der Waals surface area contributed by atoms with E-state index in [9.17, 15) is 0 Å². The lowest BCUT2D eigenvalue weighted by Crippen LogP contribution is -1.97. The van der Waals surface area contributed by atoms with Crippen LogP contribution in [0, 0.1) is 0 Å². The van der Waals surface area contributed by atoms with Gasteiger partial charge < -0.3 is 9.47 Å². The SMILES string of the molecule is CC[C@@H](C)c1cc(OC)ccc1OC. The number of benzene rings is 1. The molecule has 0 aliphatic heterocycles. The van der Waals surface area contributed by atoms with Gasteiger partial charge >= 0.3 is 0 Å². The first-order valence-electron chi connectivity index (χ1n) is 4.94. The summed E-state index contributed by atoms with van der Waals surface area (Å²) in [6, 6.07) is 5.93. The van der Waals surface area contributed by atoms with Crippen molar-refractivity contribution in [2.75, 3.05) is 14.2 Å². The van der Waals surface area contributed by atoms with Gasteiger partial charge in [-0.2, -0.15) is 0 Å². The molecule has 78 valence electrons. The van der Waals surface area contributed by atoms with Crippen LogP contribution >= 0.6 is 0 Å². The minimum absolute atomic E-state index is 0.500. The van der Waals surface area contributed by atoms with Crippen LogP contribution in [0.4, 0.5) is 0 Å². The third-order valence-electron chi connectivity index (χ3n) is 2.58. The zero-order valence-electron chi connectivity index (χ0n) is 9.33. The van der Waals surface area contributed by atoms with Gasteiger partial charge in [0.1, 0.15) is 11.5 Å². The molecule has 1 rings (SSSR count). The Hall–Kier alpha value is -1.18. The quantitative estimate of drug-likeness (QED) is 0.732. The first kappa shape index (κ1) is 10.9. The molecule has 0 heterocycles. The van der Waals surface area contributed by atoms with Gasteiger partial charge in [0.05, 0.1) is 14.2 Å². The molecule has 1 atom stereocenters. The van der Waals surface area contributed by atoms with Gasteiger partial charge in [-0.25, -0.2) is 0 Å². The lowest BCUT2D eigenvalue weighted by molar-refractivity contribution is 0.395. The van der Waals surface area contributed by atoms with Crippen LogP contribution in [0.1, 0.15) is 31.7 Å². The molecule has 0 saturated heterocycles. The van der Waals surface area contributed by atoms with Gasteiger partial charge in [0, 0.05) is 5.56 Å². The molecule has 0 unspecified atom stereocenters. The second-order valence-corrected chi connectivity index (χ2v) is 3.42. The molecule has 0 aliphatic carbocycles. The van der Waals surface area contributed by atoms with Crippen LogP contribution in [0.15, 0.2) is 18.2 Å². The zero-order chi connectivity index (χ0) is 10.6. The molecule has 0 bridgehead atoms. The van der Waals surface area contributed by atoms with Gasteiger partial charge in [0.25, 0.3) is 0 Å². The molecule has 2 heteroatoms. The summed E-state index contributed by atoms with van der Waals surface area (Å²) < 4.78 is 10.5. The Balaban J connectivity index is 3.08. The highest BCUT2D eigenvalue weighted by molar-refractivity contribution is 5.42. The topological polar surface area (TPSA) is 18.5 Å². The van der Waals surface area contributed by atoms with Gasteiger partial charge in [0.2, 0.25) is 0 Å². The lowest BCUT2D eigenvalue weighted by Gasteiger charge is -2.14. The molecule has 0 amide bonds. The molecular formula is C12H18O2. The Bertz CT molecular complexity index is 294. The van der Waals surface area contributed by atoms with Crippen LogP contribution in [-0.4, -0.2) is 14.2 Å². The smallest absolute Gasteiger partial charge is 0.122 e. The normalized spacial score (nSPS) is 12.3. The van der Waals surface area contributed by atoms with E-state index in [0.29, 0.717) is 5.92 Å². The molecule has 0 aromatic heterocycles. The van der Waals surface area contributed by atoms with E-state index < -0.39 is 0 Å². The fourth-order valence-electron chi connectivity index (χ4n) is 1.44. The largest absolute Gasteiger partial charge is 0.497 e. The van der Waals surface area contributed by atoms with Crippen molar-refractivity contribution < 1.29 is 9.47 Å². The first-order chi connectivity index (χ1) is 6.72. The van der Waals surface area contributed by atoms with Gasteiger partial charge in [-0.1, -0.05) is 13.8 Å². The van der Waals surface area contributed by atoms with E-state index in [1.165, 1.54) is 5.56 Å². The van der Waals surface area contributed by atoms with Crippen LogP contribution < -0.4 is 9.47 Å². The third kappa shape index (κ3) is 2.19. The highest BCUT2D eigenvalue weighted by Gasteiger charge is 2.10. The maximum Gasteiger partial charge on any atom is 0.122 e. The minimum atomic E-state index is 0.500. The van der Waals surface area contributed by atoms with Crippen LogP contribution in [0.25, 0.3) is 0 Å². The molecule has 0 aliphatic rings. The summed E-state index contributed by atoms with van der Waals surface area (Å²) >= 11 is 0. The molecule has 0 saturated carbocycles. The maximum absolute atomic E-state index is 5.31. The summed E-state index contributed by atoms with van der Waals surface area (Å²) in [6.07, 6.45) is 1.10. The highest BCUT2D eigenvalue weighted by atomic mass is 16.5. The van der Waals surface area contributed by atoms with Crippen molar-refractivity contribution in [3.63, 3.8) is 0 Å². The predicted molar refractivity (Wildman–Crippen MR) is 58.3 cm³/mol. The first-order valence-corrected chi connectivity index (χ1v) is 4.94. The van der Waals surface area contributed by atoms with Gasteiger partial charge in [-0.15, -0.1) is 0 Å². The van der Waals surface area contributed by atoms with Crippen LogP contribution in [0.3, 0.4) is 0 Å². The molecule has 0 fully saturated rings. The van der Waals surface area contributed by atoms with Crippen molar-refractivity contribution >= 4 is 0 Å². The van der Waals surface area contributed by atoms with Crippen molar-refractivity contribution in [2.45, 2.75) is 26.2 Å². The lowest BCUT2D eigenvalue weighted by atomic mass is 9.97. The van der Waals surface area contributed by atoms with Crippen molar-refractivity contribution in [1.29, 1.82) is 0 Å². The van der Waals surface area contributed by atoms with Gasteiger partial charge in [-0.3, -0.25) is 0 Å². The summed E-state index contributed by atoms with van der Waals surface area (Å²) in [4.78, 5) is 0. The number of methoxy groups -OCH3 is 2. The fourth-order valence-corrected chi connectivity index (χ4v) is 1.44.